The molecule has 1 aromatic carbocycles. The van der Waals surface area contributed by atoms with Gasteiger partial charge >= 0.3 is 0 Å². The summed E-state index contributed by atoms with van der Waals surface area (Å²) in [5.41, 5.74) is 8.05. The van der Waals surface area contributed by atoms with Gasteiger partial charge in [0.2, 0.25) is 0 Å². The molecule has 3 heteroatoms. The molecule has 1 heterocycles. The van der Waals surface area contributed by atoms with E-state index in [1.807, 2.05) is 18.4 Å². The number of rotatable bonds is 5. The molecule has 0 aliphatic heterocycles. The van der Waals surface area contributed by atoms with Crippen molar-refractivity contribution >= 4 is 11.0 Å². The van der Waals surface area contributed by atoms with Gasteiger partial charge in [-0.15, -0.1) is 0 Å². The van der Waals surface area contributed by atoms with E-state index in [1.54, 1.807) is 0 Å². The summed E-state index contributed by atoms with van der Waals surface area (Å²) in [6.45, 7) is 2.11. The van der Waals surface area contributed by atoms with Crippen LogP contribution in [0.3, 0.4) is 0 Å². The summed E-state index contributed by atoms with van der Waals surface area (Å²) in [5.74, 6) is 0.793. The first-order valence-electron chi connectivity index (χ1n) is 6.74. The van der Waals surface area contributed by atoms with E-state index in [-0.39, 0.29) is 0 Å². The highest BCUT2D eigenvalue weighted by molar-refractivity contribution is 5.80. The second kappa shape index (κ2) is 5.12. The highest BCUT2D eigenvalue weighted by atomic mass is 16.3. The Labute approximate surface area is 107 Å². The van der Waals surface area contributed by atoms with Crippen LogP contribution in [0, 0.1) is 5.92 Å². The molecule has 0 atom stereocenters. The third-order valence-corrected chi connectivity index (χ3v) is 3.84. The number of nitrogens with one attached hydrogen (secondary N) is 1. The predicted octanol–water partition coefficient (Wildman–Crippen LogP) is 2.30. The summed E-state index contributed by atoms with van der Waals surface area (Å²) in [7, 11) is 0. The average Bonchev–Trinajstić information content (AvgIpc) is 2.75. The van der Waals surface area contributed by atoms with Crippen molar-refractivity contribution < 1.29 is 4.42 Å². The van der Waals surface area contributed by atoms with Crippen molar-refractivity contribution in [3.8, 4) is 0 Å². The number of hydrogen-bond acceptors (Lipinski definition) is 3. The maximum absolute atomic E-state index is 5.77. The van der Waals surface area contributed by atoms with Crippen molar-refractivity contribution in [1.29, 1.82) is 0 Å². The van der Waals surface area contributed by atoms with E-state index in [1.165, 1.54) is 23.8 Å². The van der Waals surface area contributed by atoms with Crippen LogP contribution in [0.5, 0.6) is 0 Å². The highest BCUT2D eigenvalue weighted by Gasteiger charge is 2.24. The van der Waals surface area contributed by atoms with E-state index in [9.17, 15) is 0 Å². The lowest BCUT2D eigenvalue weighted by atomic mass is 9.81. The van der Waals surface area contributed by atoms with Crippen LogP contribution in [0.15, 0.2) is 34.9 Å². The SMILES string of the molecule is NC1CC(CNCCc2coc3ccccc23)C1. The van der Waals surface area contributed by atoms with Gasteiger partial charge in [-0.2, -0.15) is 0 Å². The quantitative estimate of drug-likeness (QED) is 0.793. The van der Waals surface area contributed by atoms with E-state index >= 15 is 0 Å². The van der Waals surface area contributed by atoms with Crippen molar-refractivity contribution in [1.82, 2.24) is 5.32 Å². The van der Waals surface area contributed by atoms with Crippen molar-refractivity contribution in [3.05, 3.63) is 36.1 Å². The molecule has 0 spiro atoms. The number of benzene rings is 1. The van der Waals surface area contributed by atoms with E-state index < -0.39 is 0 Å². The molecule has 1 fully saturated rings. The fourth-order valence-corrected chi connectivity index (χ4v) is 2.71. The fourth-order valence-electron chi connectivity index (χ4n) is 2.71. The third kappa shape index (κ3) is 2.42. The van der Waals surface area contributed by atoms with Gasteiger partial charge in [0, 0.05) is 11.4 Å². The molecule has 96 valence electrons. The Kier molecular flexibility index (Phi) is 3.35. The van der Waals surface area contributed by atoms with Gasteiger partial charge in [0.25, 0.3) is 0 Å². The van der Waals surface area contributed by atoms with Gasteiger partial charge in [-0.3, -0.25) is 0 Å². The van der Waals surface area contributed by atoms with Gasteiger partial charge < -0.3 is 15.5 Å². The molecule has 0 bridgehead atoms. The standard InChI is InChI=1S/C15H20N2O/c16-13-7-11(8-13)9-17-6-5-12-10-18-15-4-2-1-3-14(12)15/h1-4,10-11,13,17H,5-9,16H2. The highest BCUT2D eigenvalue weighted by Crippen LogP contribution is 2.24. The molecular formula is C15H20N2O. The molecule has 0 saturated heterocycles. The maximum atomic E-state index is 5.77. The number of hydrogen-bond donors (Lipinski definition) is 2. The molecule has 1 aromatic heterocycles. The predicted molar refractivity (Wildman–Crippen MR) is 73.5 cm³/mol. The summed E-state index contributed by atoms with van der Waals surface area (Å²) in [4.78, 5) is 0. The van der Waals surface area contributed by atoms with Crippen LogP contribution >= 0.6 is 0 Å². The Hall–Kier alpha value is -1.32. The van der Waals surface area contributed by atoms with Gasteiger partial charge in [-0.1, -0.05) is 18.2 Å². The minimum Gasteiger partial charge on any atom is -0.464 e. The van der Waals surface area contributed by atoms with Gasteiger partial charge in [-0.25, -0.2) is 0 Å². The molecule has 0 radical (unpaired) electrons. The first kappa shape index (κ1) is 11.8. The second-order valence-electron chi connectivity index (χ2n) is 5.31. The van der Waals surface area contributed by atoms with E-state index in [0.29, 0.717) is 6.04 Å². The number of fused-ring (bicyclic) bond motifs is 1. The van der Waals surface area contributed by atoms with Crippen LogP contribution in [0.2, 0.25) is 0 Å². The zero-order valence-corrected chi connectivity index (χ0v) is 10.6. The largest absolute Gasteiger partial charge is 0.464 e. The Balaban J connectivity index is 1.48. The average molecular weight is 244 g/mol. The van der Waals surface area contributed by atoms with Crippen LogP contribution in [0.25, 0.3) is 11.0 Å². The first-order valence-corrected chi connectivity index (χ1v) is 6.74. The normalized spacial score (nSPS) is 23.2. The Bertz CT molecular complexity index is 514. The molecular weight excluding hydrogens is 224 g/mol. The minimum atomic E-state index is 0.453. The molecule has 0 amide bonds. The monoisotopic (exact) mass is 244 g/mol. The molecule has 3 nitrogen and oxygen atoms in total. The molecule has 2 aromatic rings. The fraction of sp³-hybridized carbons (Fsp3) is 0.467. The minimum absolute atomic E-state index is 0.453. The third-order valence-electron chi connectivity index (χ3n) is 3.84. The maximum Gasteiger partial charge on any atom is 0.134 e. The summed E-state index contributed by atoms with van der Waals surface area (Å²) in [5, 5.41) is 4.75. The van der Waals surface area contributed by atoms with E-state index in [2.05, 4.69) is 17.4 Å². The lowest BCUT2D eigenvalue weighted by Gasteiger charge is -2.32. The first-order chi connectivity index (χ1) is 8.83. The Morgan fingerprint density at radius 3 is 2.94 bits per heavy atom. The van der Waals surface area contributed by atoms with Gasteiger partial charge in [0.1, 0.15) is 5.58 Å². The van der Waals surface area contributed by atoms with Crippen molar-refractivity contribution in [2.45, 2.75) is 25.3 Å². The lowest BCUT2D eigenvalue weighted by molar-refractivity contribution is 0.257. The van der Waals surface area contributed by atoms with E-state index in [0.717, 1.165) is 31.0 Å². The molecule has 1 aliphatic carbocycles. The summed E-state index contributed by atoms with van der Waals surface area (Å²) in [6, 6.07) is 8.66. The zero-order valence-electron chi connectivity index (χ0n) is 10.6. The Morgan fingerprint density at radius 1 is 1.28 bits per heavy atom. The van der Waals surface area contributed by atoms with Crippen LogP contribution < -0.4 is 11.1 Å². The van der Waals surface area contributed by atoms with Gasteiger partial charge in [0.15, 0.2) is 0 Å². The molecule has 1 aliphatic rings. The number of furan rings is 1. The Morgan fingerprint density at radius 2 is 2.11 bits per heavy atom. The van der Waals surface area contributed by atoms with Crippen LogP contribution in [0.4, 0.5) is 0 Å². The smallest absolute Gasteiger partial charge is 0.134 e. The second-order valence-corrected chi connectivity index (χ2v) is 5.31. The summed E-state index contributed by atoms with van der Waals surface area (Å²) < 4.78 is 5.53. The van der Waals surface area contributed by atoms with E-state index in [4.69, 9.17) is 10.2 Å². The molecule has 3 N–H and O–H groups in total. The summed E-state index contributed by atoms with van der Waals surface area (Å²) in [6.07, 6.45) is 5.27. The topological polar surface area (TPSA) is 51.2 Å². The molecule has 18 heavy (non-hydrogen) atoms. The lowest BCUT2D eigenvalue weighted by Crippen LogP contribution is -2.41. The van der Waals surface area contributed by atoms with Gasteiger partial charge in [0.05, 0.1) is 6.26 Å². The van der Waals surface area contributed by atoms with Crippen molar-refractivity contribution in [2.24, 2.45) is 11.7 Å². The number of para-hydroxylation sites is 1. The van der Waals surface area contributed by atoms with Crippen molar-refractivity contribution in [3.63, 3.8) is 0 Å². The van der Waals surface area contributed by atoms with Crippen LogP contribution in [-0.4, -0.2) is 19.1 Å². The van der Waals surface area contributed by atoms with Crippen LogP contribution in [0.1, 0.15) is 18.4 Å². The van der Waals surface area contributed by atoms with Crippen molar-refractivity contribution in [2.75, 3.05) is 13.1 Å². The zero-order chi connectivity index (χ0) is 12.4. The molecule has 1 saturated carbocycles. The molecule has 3 rings (SSSR count). The van der Waals surface area contributed by atoms with Crippen LogP contribution in [-0.2, 0) is 6.42 Å². The van der Waals surface area contributed by atoms with Gasteiger partial charge in [-0.05, 0) is 49.9 Å². The molecule has 0 unspecified atom stereocenters. The summed E-state index contributed by atoms with van der Waals surface area (Å²) >= 11 is 0. The number of nitrogens with two attached hydrogens (primary N) is 1.